The topological polar surface area (TPSA) is 81.5 Å². The summed E-state index contributed by atoms with van der Waals surface area (Å²) in [6.07, 6.45) is -4.93. The monoisotopic (exact) mass is 390 g/mol. The van der Waals surface area contributed by atoms with Crippen LogP contribution in [0.4, 0.5) is 24.5 Å². The molecule has 3 aromatic carbocycles. The number of fused-ring (bicyclic) bond motifs is 1. The number of hydrogen-bond acceptors (Lipinski definition) is 4. The van der Waals surface area contributed by atoms with E-state index in [-0.39, 0.29) is 5.69 Å². The minimum atomic E-state index is -4.93. The number of nitrogens with one attached hydrogen (secondary N) is 1. The third-order valence-corrected chi connectivity index (χ3v) is 3.87. The predicted octanol–water partition coefficient (Wildman–Crippen LogP) is 4.78. The molecule has 9 heteroatoms. The van der Waals surface area contributed by atoms with Gasteiger partial charge in [-0.1, -0.05) is 30.3 Å². The van der Waals surface area contributed by atoms with Crippen molar-refractivity contribution >= 4 is 28.1 Å². The van der Waals surface area contributed by atoms with Gasteiger partial charge in [0.2, 0.25) is 0 Å². The molecular weight excluding hydrogens is 377 g/mol. The van der Waals surface area contributed by atoms with Crippen LogP contribution in [0.2, 0.25) is 0 Å². The van der Waals surface area contributed by atoms with Crippen molar-refractivity contribution < 1.29 is 27.6 Å². The van der Waals surface area contributed by atoms with E-state index < -0.39 is 34.9 Å². The van der Waals surface area contributed by atoms with E-state index in [2.05, 4.69) is 5.32 Å². The third kappa shape index (κ3) is 4.37. The first-order valence-electron chi connectivity index (χ1n) is 8.01. The number of anilines is 1. The number of ether oxygens (including phenoxy) is 1. The Kier molecular flexibility index (Phi) is 5.16. The second kappa shape index (κ2) is 7.55. The van der Waals surface area contributed by atoms with Gasteiger partial charge in [-0.05, 0) is 35.0 Å². The zero-order chi connectivity index (χ0) is 20.3. The smallest absolute Gasteiger partial charge is 0.423 e. The maximum Gasteiger partial charge on any atom is 0.423 e. The van der Waals surface area contributed by atoms with Gasteiger partial charge in [-0.2, -0.15) is 13.2 Å². The van der Waals surface area contributed by atoms with E-state index in [1.165, 1.54) is 0 Å². The van der Waals surface area contributed by atoms with Gasteiger partial charge in [0.25, 0.3) is 11.6 Å². The van der Waals surface area contributed by atoms with Crippen molar-refractivity contribution in [2.75, 3.05) is 11.9 Å². The summed E-state index contributed by atoms with van der Waals surface area (Å²) in [7, 11) is 0. The van der Waals surface area contributed by atoms with Crippen molar-refractivity contribution in [3.63, 3.8) is 0 Å². The molecule has 0 aliphatic rings. The lowest BCUT2D eigenvalue weighted by Gasteiger charge is -2.11. The van der Waals surface area contributed by atoms with Gasteiger partial charge in [0.1, 0.15) is 11.3 Å². The summed E-state index contributed by atoms with van der Waals surface area (Å²) in [5.41, 5.74) is -2.74. The van der Waals surface area contributed by atoms with Crippen LogP contribution < -0.4 is 10.1 Å². The van der Waals surface area contributed by atoms with Crippen LogP contribution in [-0.4, -0.2) is 17.4 Å². The number of nitro benzene ring substituents is 1. The predicted molar refractivity (Wildman–Crippen MR) is 96.2 cm³/mol. The Morgan fingerprint density at radius 3 is 2.43 bits per heavy atom. The van der Waals surface area contributed by atoms with Gasteiger partial charge in [0.15, 0.2) is 6.61 Å². The molecule has 0 saturated heterocycles. The third-order valence-electron chi connectivity index (χ3n) is 3.87. The fourth-order valence-corrected chi connectivity index (χ4v) is 2.60. The van der Waals surface area contributed by atoms with E-state index in [9.17, 15) is 28.1 Å². The number of rotatable bonds is 5. The largest absolute Gasteiger partial charge is 0.484 e. The van der Waals surface area contributed by atoms with Crippen LogP contribution in [0.3, 0.4) is 0 Å². The molecule has 0 aromatic heterocycles. The second-order valence-corrected chi connectivity index (χ2v) is 5.83. The Morgan fingerprint density at radius 2 is 1.75 bits per heavy atom. The van der Waals surface area contributed by atoms with Crippen molar-refractivity contribution in [1.29, 1.82) is 0 Å². The fourth-order valence-electron chi connectivity index (χ4n) is 2.60. The highest BCUT2D eigenvalue weighted by molar-refractivity contribution is 5.92. The quantitative estimate of drug-likeness (QED) is 0.502. The lowest BCUT2D eigenvalue weighted by molar-refractivity contribution is -0.388. The van der Waals surface area contributed by atoms with Crippen LogP contribution in [0.25, 0.3) is 10.8 Å². The summed E-state index contributed by atoms with van der Waals surface area (Å²) >= 11 is 0. The average molecular weight is 390 g/mol. The van der Waals surface area contributed by atoms with Crippen molar-refractivity contribution in [2.24, 2.45) is 0 Å². The number of alkyl halides is 3. The average Bonchev–Trinajstić information content (AvgIpc) is 2.65. The van der Waals surface area contributed by atoms with Crippen LogP contribution in [0, 0.1) is 10.1 Å². The van der Waals surface area contributed by atoms with Gasteiger partial charge < -0.3 is 10.1 Å². The van der Waals surface area contributed by atoms with Crippen LogP contribution >= 0.6 is 0 Å². The van der Waals surface area contributed by atoms with Gasteiger partial charge in [-0.25, -0.2) is 0 Å². The van der Waals surface area contributed by atoms with E-state index in [0.29, 0.717) is 17.9 Å². The molecule has 0 radical (unpaired) electrons. The van der Waals surface area contributed by atoms with Crippen LogP contribution in [-0.2, 0) is 11.0 Å². The molecule has 3 rings (SSSR count). The van der Waals surface area contributed by atoms with E-state index in [4.69, 9.17) is 4.74 Å². The minimum Gasteiger partial charge on any atom is -0.484 e. The zero-order valence-electron chi connectivity index (χ0n) is 14.2. The Hall–Kier alpha value is -3.62. The number of carbonyl (C=O) groups is 1. The van der Waals surface area contributed by atoms with Crippen LogP contribution in [0.1, 0.15) is 5.56 Å². The number of nitrogens with zero attached hydrogens (tertiary/aromatic N) is 1. The summed E-state index contributed by atoms with van der Waals surface area (Å²) in [5.74, 6) is -0.274. The number of amides is 1. The molecule has 0 heterocycles. The van der Waals surface area contributed by atoms with Gasteiger partial charge in [0.05, 0.1) is 4.92 Å². The van der Waals surface area contributed by atoms with Crippen molar-refractivity contribution in [2.45, 2.75) is 6.18 Å². The molecule has 6 nitrogen and oxygen atoms in total. The molecule has 0 unspecified atom stereocenters. The van der Waals surface area contributed by atoms with E-state index in [0.717, 1.165) is 16.8 Å². The standard InChI is InChI=1S/C19H13F3N2O4/c20-19(21,22)16-10-14(6-8-17(16)24(26)27)23-18(25)11-28-15-7-5-12-3-1-2-4-13(12)9-15/h1-10H,11H2,(H,23,25). The second-order valence-electron chi connectivity index (χ2n) is 5.83. The number of benzene rings is 3. The molecule has 0 saturated carbocycles. The fraction of sp³-hybridized carbons (Fsp3) is 0.105. The molecule has 0 fully saturated rings. The summed E-state index contributed by atoms with van der Waals surface area (Å²) in [5, 5.41) is 14.9. The molecule has 1 N–H and O–H groups in total. The van der Waals surface area contributed by atoms with Gasteiger partial charge in [-0.3, -0.25) is 14.9 Å². The molecular formula is C19H13F3N2O4. The maximum atomic E-state index is 13.0. The lowest BCUT2D eigenvalue weighted by atomic mass is 10.1. The number of halogens is 3. The van der Waals surface area contributed by atoms with Gasteiger partial charge in [0, 0.05) is 11.8 Å². The molecule has 144 valence electrons. The van der Waals surface area contributed by atoms with E-state index in [1.54, 1.807) is 12.1 Å². The van der Waals surface area contributed by atoms with Crippen molar-refractivity contribution in [3.8, 4) is 5.75 Å². The molecule has 0 aliphatic carbocycles. The Morgan fingerprint density at radius 1 is 1.04 bits per heavy atom. The summed E-state index contributed by atoms with van der Waals surface area (Å²) < 4.78 is 44.3. The SMILES string of the molecule is O=C(COc1ccc2ccccc2c1)Nc1ccc([N+](=O)[O-])c(C(F)(F)F)c1. The maximum absolute atomic E-state index is 13.0. The number of nitro groups is 1. The molecule has 0 aliphatic heterocycles. The summed E-state index contributed by atoms with van der Waals surface area (Å²) in [6.45, 7) is -0.434. The summed E-state index contributed by atoms with van der Waals surface area (Å²) in [6, 6.07) is 15.0. The first kappa shape index (κ1) is 19.2. The molecule has 3 aromatic rings. The normalized spacial score (nSPS) is 11.2. The highest BCUT2D eigenvalue weighted by Gasteiger charge is 2.38. The first-order chi connectivity index (χ1) is 13.2. The Bertz CT molecular complexity index is 1050. The molecule has 0 atom stereocenters. The Labute approximate surface area is 156 Å². The first-order valence-corrected chi connectivity index (χ1v) is 8.01. The van der Waals surface area contributed by atoms with Crippen molar-refractivity contribution in [1.82, 2.24) is 0 Å². The summed E-state index contributed by atoms with van der Waals surface area (Å²) in [4.78, 5) is 21.6. The molecule has 0 bridgehead atoms. The molecule has 1 amide bonds. The number of carbonyl (C=O) groups excluding carboxylic acids is 1. The number of hydrogen-bond donors (Lipinski definition) is 1. The molecule has 0 spiro atoms. The highest BCUT2D eigenvalue weighted by atomic mass is 19.4. The zero-order valence-corrected chi connectivity index (χ0v) is 14.2. The van der Waals surface area contributed by atoms with Crippen LogP contribution in [0.15, 0.2) is 60.7 Å². The van der Waals surface area contributed by atoms with Gasteiger partial charge >= 0.3 is 6.18 Å². The van der Waals surface area contributed by atoms with Gasteiger partial charge in [-0.15, -0.1) is 0 Å². The van der Waals surface area contributed by atoms with E-state index >= 15 is 0 Å². The minimum absolute atomic E-state index is 0.218. The Balaban J connectivity index is 1.69. The van der Waals surface area contributed by atoms with E-state index in [1.807, 2.05) is 30.3 Å². The lowest BCUT2D eigenvalue weighted by Crippen LogP contribution is -2.20. The highest BCUT2D eigenvalue weighted by Crippen LogP contribution is 2.37. The van der Waals surface area contributed by atoms with Crippen molar-refractivity contribution in [3.05, 3.63) is 76.3 Å². The molecule has 28 heavy (non-hydrogen) atoms. The van der Waals surface area contributed by atoms with Crippen LogP contribution in [0.5, 0.6) is 5.75 Å².